The molecule has 1 aromatic carbocycles. The number of H-pyrrole nitrogens is 1. The van der Waals surface area contributed by atoms with Gasteiger partial charge in [-0.2, -0.15) is 0 Å². The van der Waals surface area contributed by atoms with E-state index in [1.807, 2.05) is 4.90 Å². The molecular weight excluding hydrogens is 296 g/mol. The van der Waals surface area contributed by atoms with E-state index in [0.29, 0.717) is 34.7 Å². The second-order valence-corrected chi connectivity index (χ2v) is 5.27. The first-order valence-electron chi connectivity index (χ1n) is 6.53. The number of nitrogens with zero attached hydrogens (tertiary/aromatic N) is 2. The number of hydrogen-bond acceptors (Lipinski definition) is 5. The van der Waals surface area contributed by atoms with Crippen molar-refractivity contribution in [1.29, 1.82) is 0 Å². The van der Waals surface area contributed by atoms with Gasteiger partial charge in [-0.15, -0.1) is 0 Å². The SMILES string of the molecule is O=c1[nH]c2cc(Cl)ccc2c(N2CCNCC2)c1[N+](=O)[O-]. The number of aromatic amines is 1. The number of benzene rings is 1. The van der Waals surface area contributed by atoms with E-state index in [0.717, 1.165) is 13.1 Å². The molecule has 0 spiro atoms. The summed E-state index contributed by atoms with van der Waals surface area (Å²) in [6, 6.07) is 4.98. The van der Waals surface area contributed by atoms with E-state index in [2.05, 4.69) is 10.3 Å². The van der Waals surface area contributed by atoms with E-state index >= 15 is 0 Å². The zero-order valence-corrected chi connectivity index (χ0v) is 11.8. The third-order valence-electron chi connectivity index (χ3n) is 3.54. The van der Waals surface area contributed by atoms with Gasteiger partial charge in [0.1, 0.15) is 5.69 Å². The standard InChI is InChI=1S/C13H13ClN4O3/c14-8-1-2-9-10(7-8)16-13(19)12(18(20)21)11(9)17-5-3-15-4-6-17/h1-2,7,15H,3-6H2,(H,16,19). The van der Waals surface area contributed by atoms with E-state index in [1.165, 1.54) is 0 Å². The number of nitro groups is 1. The summed E-state index contributed by atoms with van der Waals surface area (Å²) < 4.78 is 0. The Balaban J connectivity index is 2.33. The summed E-state index contributed by atoms with van der Waals surface area (Å²) in [4.78, 5) is 27.2. The van der Waals surface area contributed by atoms with Crippen LogP contribution in [0.2, 0.25) is 5.02 Å². The molecule has 1 aromatic heterocycles. The van der Waals surface area contributed by atoms with Crippen molar-refractivity contribution in [2.75, 3.05) is 31.1 Å². The van der Waals surface area contributed by atoms with Gasteiger partial charge < -0.3 is 15.2 Å². The molecule has 1 saturated heterocycles. The van der Waals surface area contributed by atoms with Crippen LogP contribution in [0.5, 0.6) is 0 Å². The summed E-state index contributed by atoms with van der Waals surface area (Å²) in [6.45, 7) is 2.67. The van der Waals surface area contributed by atoms with E-state index in [4.69, 9.17) is 11.6 Å². The van der Waals surface area contributed by atoms with Gasteiger partial charge in [0.15, 0.2) is 0 Å². The monoisotopic (exact) mass is 308 g/mol. The lowest BCUT2D eigenvalue weighted by Gasteiger charge is -2.29. The van der Waals surface area contributed by atoms with Gasteiger partial charge in [0, 0.05) is 36.6 Å². The predicted octanol–water partition coefficient (Wildman–Crippen LogP) is 1.50. The number of aromatic nitrogens is 1. The molecule has 2 N–H and O–H groups in total. The molecule has 21 heavy (non-hydrogen) atoms. The average Bonchev–Trinajstić information content (AvgIpc) is 2.46. The molecule has 0 bridgehead atoms. The highest BCUT2D eigenvalue weighted by atomic mass is 35.5. The number of hydrogen-bond donors (Lipinski definition) is 2. The maximum atomic E-state index is 12.1. The molecule has 7 nitrogen and oxygen atoms in total. The topological polar surface area (TPSA) is 91.3 Å². The molecule has 1 fully saturated rings. The van der Waals surface area contributed by atoms with Crippen LogP contribution in [0, 0.1) is 10.1 Å². The van der Waals surface area contributed by atoms with Crippen LogP contribution < -0.4 is 15.8 Å². The minimum Gasteiger partial charge on any atom is -0.363 e. The minimum absolute atomic E-state index is 0.372. The Hall–Kier alpha value is -2.12. The molecule has 0 unspecified atom stereocenters. The molecule has 0 aliphatic carbocycles. The number of anilines is 1. The Kier molecular flexibility index (Phi) is 3.52. The quantitative estimate of drug-likeness (QED) is 0.648. The molecular formula is C13H13ClN4O3. The van der Waals surface area contributed by atoms with Crippen LogP contribution in [0.1, 0.15) is 0 Å². The van der Waals surface area contributed by atoms with E-state index in [1.54, 1.807) is 18.2 Å². The third kappa shape index (κ3) is 2.45. The van der Waals surface area contributed by atoms with Crippen molar-refractivity contribution in [2.24, 2.45) is 0 Å². The second-order valence-electron chi connectivity index (χ2n) is 4.84. The first kappa shape index (κ1) is 13.8. The van der Waals surface area contributed by atoms with Crippen molar-refractivity contribution in [2.45, 2.75) is 0 Å². The molecule has 2 heterocycles. The Bertz CT molecular complexity index is 768. The number of fused-ring (bicyclic) bond motifs is 1. The molecule has 3 rings (SSSR count). The first-order valence-corrected chi connectivity index (χ1v) is 6.91. The molecule has 1 aliphatic rings. The van der Waals surface area contributed by atoms with Crippen LogP contribution in [0.15, 0.2) is 23.0 Å². The molecule has 110 valence electrons. The zero-order chi connectivity index (χ0) is 15.0. The number of piperazine rings is 1. The van der Waals surface area contributed by atoms with Gasteiger partial charge in [-0.25, -0.2) is 0 Å². The normalized spacial score (nSPS) is 15.4. The molecule has 8 heteroatoms. The van der Waals surface area contributed by atoms with Gasteiger partial charge in [0.2, 0.25) is 0 Å². The largest absolute Gasteiger partial charge is 0.363 e. The average molecular weight is 309 g/mol. The summed E-state index contributed by atoms with van der Waals surface area (Å²) in [6.07, 6.45) is 0. The third-order valence-corrected chi connectivity index (χ3v) is 3.78. The Morgan fingerprint density at radius 3 is 2.67 bits per heavy atom. The highest BCUT2D eigenvalue weighted by Gasteiger charge is 2.27. The lowest BCUT2D eigenvalue weighted by Crippen LogP contribution is -2.44. The number of halogens is 1. The van der Waals surface area contributed by atoms with E-state index < -0.39 is 16.2 Å². The fourth-order valence-corrected chi connectivity index (χ4v) is 2.79. The van der Waals surface area contributed by atoms with Crippen molar-refractivity contribution in [1.82, 2.24) is 10.3 Å². The maximum absolute atomic E-state index is 12.1. The molecule has 2 aromatic rings. The van der Waals surface area contributed by atoms with Gasteiger partial charge in [0.25, 0.3) is 0 Å². The van der Waals surface area contributed by atoms with Gasteiger partial charge in [-0.1, -0.05) is 11.6 Å². The molecule has 0 amide bonds. The predicted molar refractivity (Wildman–Crippen MR) is 81.3 cm³/mol. The molecule has 0 radical (unpaired) electrons. The van der Waals surface area contributed by atoms with Crippen LogP contribution in [0.25, 0.3) is 10.9 Å². The van der Waals surface area contributed by atoms with Gasteiger partial charge >= 0.3 is 11.2 Å². The Morgan fingerprint density at radius 1 is 1.29 bits per heavy atom. The van der Waals surface area contributed by atoms with Gasteiger partial charge in [0.05, 0.1) is 10.4 Å². The lowest BCUT2D eigenvalue weighted by molar-refractivity contribution is -0.385. The maximum Gasteiger partial charge on any atom is 0.357 e. The highest BCUT2D eigenvalue weighted by Crippen LogP contribution is 2.33. The smallest absolute Gasteiger partial charge is 0.357 e. The summed E-state index contributed by atoms with van der Waals surface area (Å²) in [5.41, 5.74) is -0.237. The van der Waals surface area contributed by atoms with Gasteiger partial charge in [-0.05, 0) is 18.2 Å². The number of rotatable bonds is 2. The van der Waals surface area contributed by atoms with Crippen LogP contribution in [0.4, 0.5) is 11.4 Å². The van der Waals surface area contributed by atoms with Gasteiger partial charge in [-0.3, -0.25) is 14.9 Å². The van der Waals surface area contributed by atoms with Crippen LogP contribution in [-0.2, 0) is 0 Å². The number of pyridine rings is 1. The van der Waals surface area contributed by atoms with E-state index in [9.17, 15) is 14.9 Å². The highest BCUT2D eigenvalue weighted by molar-refractivity contribution is 6.31. The molecule has 0 atom stereocenters. The molecule has 1 aliphatic heterocycles. The second kappa shape index (κ2) is 5.34. The van der Waals surface area contributed by atoms with Crippen molar-refractivity contribution < 1.29 is 4.92 Å². The van der Waals surface area contributed by atoms with Crippen molar-refractivity contribution in [3.8, 4) is 0 Å². The summed E-state index contributed by atoms with van der Waals surface area (Å²) >= 11 is 5.93. The molecule has 0 saturated carbocycles. The lowest BCUT2D eigenvalue weighted by atomic mass is 10.1. The number of nitrogens with one attached hydrogen (secondary N) is 2. The van der Waals surface area contributed by atoms with Crippen molar-refractivity contribution in [3.63, 3.8) is 0 Å². The zero-order valence-electron chi connectivity index (χ0n) is 11.1. The minimum atomic E-state index is -0.705. The fraction of sp³-hybridized carbons (Fsp3) is 0.308. The first-order chi connectivity index (χ1) is 10.1. The Labute approximate surface area is 124 Å². The Morgan fingerprint density at radius 2 is 2.00 bits per heavy atom. The summed E-state index contributed by atoms with van der Waals surface area (Å²) in [7, 11) is 0. The summed E-state index contributed by atoms with van der Waals surface area (Å²) in [5.74, 6) is 0. The van der Waals surface area contributed by atoms with Crippen molar-refractivity contribution in [3.05, 3.63) is 43.7 Å². The van der Waals surface area contributed by atoms with Crippen LogP contribution in [0.3, 0.4) is 0 Å². The van der Waals surface area contributed by atoms with Crippen LogP contribution >= 0.6 is 11.6 Å². The fourth-order valence-electron chi connectivity index (χ4n) is 2.62. The van der Waals surface area contributed by atoms with E-state index in [-0.39, 0.29) is 0 Å². The summed E-state index contributed by atoms with van der Waals surface area (Å²) in [5, 5.41) is 15.6. The van der Waals surface area contributed by atoms with Crippen LogP contribution in [-0.4, -0.2) is 36.1 Å². The van der Waals surface area contributed by atoms with Crippen molar-refractivity contribution >= 4 is 33.9 Å².